The molecule has 0 amide bonds. The highest BCUT2D eigenvalue weighted by atomic mass is 35.5. The molecule has 0 spiro atoms. The van der Waals surface area contributed by atoms with Crippen molar-refractivity contribution in [2.45, 2.75) is 26.2 Å². The summed E-state index contributed by atoms with van der Waals surface area (Å²) in [6.45, 7) is 3.69. The zero-order valence-corrected chi connectivity index (χ0v) is 17.5. The van der Waals surface area contributed by atoms with Crippen molar-refractivity contribution < 1.29 is 0 Å². The molecule has 6 heteroatoms. The number of halogens is 1. The minimum Gasteiger partial charge on any atom is -0.359 e. The molecule has 5 nitrogen and oxygen atoms in total. The average molecular weight is 406 g/mol. The van der Waals surface area contributed by atoms with E-state index in [1.54, 1.807) is 0 Å². The summed E-state index contributed by atoms with van der Waals surface area (Å²) >= 11 is 6.39. The molecular formula is C23H24ClN5. The molecule has 2 heterocycles. The van der Waals surface area contributed by atoms with E-state index in [-0.39, 0.29) is 0 Å². The Kier molecular flexibility index (Phi) is 5.86. The summed E-state index contributed by atoms with van der Waals surface area (Å²) in [4.78, 5) is 7.18. The van der Waals surface area contributed by atoms with Gasteiger partial charge in [0.2, 0.25) is 0 Å². The largest absolute Gasteiger partial charge is 0.359 e. The van der Waals surface area contributed by atoms with Crippen LogP contribution < -0.4 is 4.90 Å². The summed E-state index contributed by atoms with van der Waals surface area (Å²) in [5.74, 6) is 0.913. The van der Waals surface area contributed by atoms with E-state index in [4.69, 9.17) is 16.6 Å². The quantitative estimate of drug-likeness (QED) is 0.507. The number of hydrogen-bond donors (Lipinski definition) is 0. The summed E-state index contributed by atoms with van der Waals surface area (Å²) in [5, 5.41) is 14.5. The van der Waals surface area contributed by atoms with Gasteiger partial charge in [-0.1, -0.05) is 41.9 Å². The second kappa shape index (κ2) is 8.70. The van der Waals surface area contributed by atoms with E-state index in [1.807, 2.05) is 24.3 Å². The van der Waals surface area contributed by atoms with Crippen molar-refractivity contribution in [3.05, 3.63) is 59.1 Å². The molecule has 0 N–H and O–H groups in total. The topological polar surface area (TPSA) is 53.2 Å². The number of pyridine rings is 1. The molecule has 3 aromatic rings. The molecule has 2 aromatic carbocycles. The molecule has 29 heavy (non-hydrogen) atoms. The first-order valence-corrected chi connectivity index (χ1v) is 10.4. The van der Waals surface area contributed by atoms with Gasteiger partial charge in [-0.25, -0.2) is 4.98 Å². The summed E-state index contributed by atoms with van der Waals surface area (Å²) in [7, 11) is 2.06. The van der Waals surface area contributed by atoms with Gasteiger partial charge in [-0.15, -0.1) is 5.10 Å². The van der Waals surface area contributed by atoms with Crippen molar-refractivity contribution >= 4 is 34.0 Å². The van der Waals surface area contributed by atoms with Gasteiger partial charge in [0.15, 0.2) is 0 Å². The third kappa shape index (κ3) is 4.01. The van der Waals surface area contributed by atoms with Crippen molar-refractivity contribution in [2.75, 3.05) is 25.0 Å². The minimum atomic E-state index is 0.693. The van der Waals surface area contributed by atoms with E-state index in [9.17, 15) is 0 Å². The predicted octanol–water partition coefficient (Wildman–Crippen LogP) is 6.35. The normalized spacial score (nSPS) is 16.2. The van der Waals surface area contributed by atoms with Crippen molar-refractivity contribution in [3.8, 4) is 11.1 Å². The highest BCUT2D eigenvalue weighted by molar-refractivity contribution is 6.31. The molecule has 0 saturated heterocycles. The van der Waals surface area contributed by atoms with Gasteiger partial charge in [-0.3, -0.25) is 0 Å². The maximum absolute atomic E-state index is 6.39. The first-order chi connectivity index (χ1) is 14.2. The van der Waals surface area contributed by atoms with Crippen LogP contribution in [0.5, 0.6) is 0 Å². The molecule has 0 fully saturated rings. The van der Waals surface area contributed by atoms with Gasteiger partial charge in [0.05, 0.1) is 17.8 Å². The van der Waals surface area contributed by atoms with Gasteiger partial charge in [0, 0.05) is 35.1 Å². The molecule has 0 bridgehead atoms. The number of rotatable bonds is 4. The van der Waals surface area contributed by atoms with Crippen LogP contribution in [0, 0.1) is 0 Å². The highest BCUT2D eigenvalue weighted by Gasteiger charge is 2.23. The van der Waals surface area contributed by atoms with Gasteiger partial charge < -0.3 is 4.90 Å². The fourth-order valence-electron chi connectivity index (χ4n) is 3.66. The first kappa shape index (κ1) is 19.5. The summed E-state index contributed by atoms with van der Waals surface area (Å²) in [6, 6.07) is 16.3. The molecule has 1 aromatic heterocycles. The third-order valence-corrected chi connectivity index (χ3v) is 5.50. The average Bonchev–Trinajstić information content (AvgIpc) is 2.72. The molecule has 0 radical (unpaired) electrons. The summed E-state index contributed by atoms with van der Waals surface area (Å²) < 4.78 is 0. The smallest absolute Gasteiger partial charge is 0.138 e. The van der Waals surface area contributed by atoms with Crippen LogP contribution in [0.25, 0.3) is 22.0 Å². The fourth-order valence-corrected chi connectivity index (χ4v) is 3.83. The molecule has 0 saturated carbocycles. The number of aromatic nitrogens is 1. The molecule has 148 valence electrons. The van der Waals surface area contributed by atoms with E-state index in [2.05, 4.69) is 58.6 Å². The number of benzene rings is 2. The summed E-state index contributed by atoms with van der Waals surface area (Å²) in [6.07, 6.45) is 2.88. The Morgan fingerprint density at radius 2 is 1.86 bits per heavy atom. The molecule has 4 rings (SSSR count). The Balaban J connectivity index is 2.12. The zero-order valence-electron chi connectivity index (χ0n) is 16.8. The first-order valence-electron chi connectivity index (χ1n) is 10.0. The minimum absolute atomic E-state index is 0.693. The van der Waals surface area contributed by atoms with Crippen LogP contribution in [-0.4, -0.2) is 30.8 Å². The van der Waals surface area contributed by atoms with E-state index in [0.717, 1.165) is 71.5 Å². The van der Waals surface area contributed by atoms with Crippen molar-refractivity contribution in [2.24, 2.45) is 15.4 Å². The van der Waals surface area contributed by atoms with E-state index in [0.29, 0.717) is 5.02 Å². The van der Waals surface area contributed by atoms with E-state index in [1.165, 1.54) is 0 Å². The molecule has 0 aliphatic carbocycles. The lowest BCUT2D eigenvalue weighted by Gasteiger charge is -2.24. The number of fused-ring (bicyclic) bond motifs is 1. The van der Waals surface area contributed by atoms with Gasteiger partial charge >= 0.3 is 0 Å². The van der Waals surface area contributed by atoms with Crippen LogP contribution in [0.15, 0.2) is 64.0 Å². The van der Waals surface area contributed by atoms with Crippen LogP contribution in [0.2, 0.25) is 5.02 Å². The standard InChI is InChI=1S/C23H24ClN5/c1-3-29(2)23-22(20-11-7-8-14-25-28-27-20)21(16-9-5-4-6-10-16)18-15-17(24)12-13-19(18)26-23/h4-6,9-10,12-13,15H,3,7-8,11,14H2,1-2H3/b27-20-,28-25?. The van der Waals surface area contributed by atoms with Crippen molar-refractivity contribution in [1.82, 2.24) is 4.98 Å². The van der Waals surface area contributed by atoms with Crippen LogP contribution in [0.4, 0.5) is 5.82 Å². The molecular weight excluding hydrogens is 382 g/mol. The Labute approximate surface area is 176 Å². The molecule has 0 unspecified atom stereocenters. The molecule has 1 aliphatic heterocycles. The maximum Gasteiger partial charge on any atom is 0.138 e. The van der Waals surface area contributed by atoms with Crippen molar-refractivity contribution in [3.63, 3.8) is 0 Å². The molecule has 1 aliphatic rings. The second-order valence-corrected chi connectivity index (χ2v) is 7.62. The SMILES string of the molecule is CCN(C)c1nc2ccc(Cl)cc2c(-c2ccccc2)c1/C1=N\N=NCCCC1. The highest BCUT2D eigenvalue weighted by Crippen LogP contribution is 2.38. The van der Waals surface area contributed by atoms with Crippen LogP contribution >= 0.6 is 11.6 Å². The van der Waals surface area contributed by atoms with Gasteiger partial charge in [0.25, 0.3) is 0 Å². The Bertz CT molecular complexity index is 1080. The van der Waals surface area contributed by atoms with Gasteiger partial charge in [-0.2, -0.15) is 5.11 Å². The van der Waals surface area contributed by atoms with E-state index >= 15 is 0 Å². The Morgan fingerprint density at radius 3 is 2.66 bits per heavy atom. The third-order valence-electron chi connectivity index (χ3n) is 5.27. The lowest BCUT2D eigenvalue weighted by molar-refractivity contribution is 0.721. The van der Waals surface area contributed by atoms with Gasteiger partial charge in [0.1, 0.15) is 5.82 Å². The lowest BCUT2D eigenvalue weighted by Crippen LogP contribution is -2.22. The fraction of sp³-hybridized carbons (Fsp3) is 0.304. The van der Waals surface area contributed by atoms with Crippen LogP contribution in [0.1, 0.15) is 31.7 Å². The number of anilines is 1. The Hall–Kier alpha value is -2.79. The number of nitrogens with zero attached hydrogens (tertiary/aromatic N) is 5. The maximum atomic E-state index is 6.39. The van der Waals surface area contributed by atoms with Crippen LogP contribution in [-0.2, 0) is 0 Å². The van der Waals surface area contributed by atoms with E-state index < -0.39 is 0 Å². The van der Waals surface area contributed by atoms with Crippen LogP contribution in [0.3, 0.4) is 0 Å². The monoisotopic (exact) mass is 405 g/mol. The van der Waals surface area contributed by atoms with Crippen molar-refractivity contribution in [1.29, 1.82) is 0 Å². The Morgan fingerprint density at radius 1 is 1.03 bits per heavy atom. The number of hydrogen-bond acceptors (Lipinski definition) is 5. The van der Waals surface area contributed by atoms with Gasteiger partial charge in [-0.05, 0) is 55.2 Å². The summed E-state index contributed by atoms with van der Waals surface area (Å²) in [5.41, 5.74) is 5.08. The second-order valence-electron chi connectivity index (χ2n) is 7.19. The molecule has 0 atom stereocenters. The lowest BCUT2D eigenvalue weighted by atomic mass is 9.91. The predicted molar refractivity (Wildman–Crippen MR) is 121 cm³/mol. The zero-order chi connectivity index (χ0) is 20.2.